The molecule has 8 aromatic carbocycles. The summed E-state index contributed by atoms with van der Waals surface area (Å²) in [7, 11) is 0. The maximum Gasteiger partial charge on any atom is 0.137 e. The minimum absolute atomic E-state index is 0.0255. The lowest BCUT2D eigenvalue weighted by Crippen LogP contribution is -2.25. The van der Waals surface area contributed by atoms with Crippen LogP contribution in [0.4, 0.5) is 22.7 Å². The number of hydrogen-bond donors (Lipinski definition) is 0. The van der Waals surface area contributed by atoms with Crippen molar-refractivity contribution in [1.82, 2.24) is 9.55 Å². The third-order valence-corrected chi connectivity index (χ3v) is 15.4. The number of benzene rings is 8. The first kappa shape index (κ1) is 47.4. The molecule has 11 rings (SSSR count). The Labute approximate surface area is 432 Å². The van der Waals surface area contributed by atoms with E-state index in [1.54, 1.807) is 0 Å². The van der Waals surface area contributed by atoms with Crippen LogP contribution in [0.5, 0.6) is 11.5 Å². The Morgan fingerprint density at radius 2 is 1.01 bits per heavy atom. The lowest BCUT2D eigenvalue weighted by atomic mass is 9.78. The second kappa shape index (κ2) is 18.0. The molecule has 10 aromatic rings. The molecular weight excluding hydrogens is 889 g/mol. The molecule has 0 spiro atoms. The lowest BCUT2D eigenvalue weighted by molar-refractivity contribution is 0.483. The molecule has 0 saturated heterocycles. The Hall–Kier alpha value is -7.89. The SMILES string of the molecule is CC(C)(C)c1cc(N2CN(c3cccc(Oc4ccc5c6cc(C(C)(C)c7ccccc7)ccc6n(-c6cc(C(C)(C)c7ccccc7)ccn6)c5c4)c3)c3cccc(-c4ccccc4)c32)cc(C(C)(C)C)c1. The Morgan fingerprint density at radius 3 is 1.66 bits per heavy atom. The van der Waals surface area contributed by atoms with Gasteiger partial charge in [0.15, 0.2) is 0 Å². The second-order valence-electron chi connectivity index (χ2n) is 23.0. The molecular formula is C68H66N4O. The van der Waals surface area contributed by atoms with Crippen molar-refractivity contribution in [1.29, 1.82) is 0 Å². The van der Waals surface area contributed by atoms with Crippen molar-refractivity contribution in [3.05, 3.63) is 240 Å². The van der Waals surface area contributed by atoms with Gasteiger partial charge in [-0.25, -0.2) is 4.98 Å². The number of aromatic nitrogens is 2. The highest BCUT2D eigenvalue weighted by molar-refractivity contribution is 6.10. The van der Waals surface area contributed by atoms with Gasteiger partial charge in [-0.2, -0.15) is 0 Å². The summed E-state index contributed by atoms with van der Waals surface area (Å²) in [5.41, 5.74) is 16.3. The normalized spacial score (nSPS) is 13.2. The highest BCUT2D eigenvalue weighted by atomic mass is 16.5. The van der Waals surface area contributed by atoms with Crippen LogP contribution in [-0.4, -0.2) is 16.2 Å². The first-order valence-corrected chi connectivity index (χ1v) is 25.8. The van der Waals surface area contributed by atoms with Crippen LogP contribution in [0.3, 0.4) is 0 Å². The van der Waals surface area contributed by atoms with Crippen LogP contribution < -0.4 is 14.5 Å². The highest BCUT2D eigenvalue weighted by Gasteiger charge is 2.33. The van der Waals surface area contributed by atoms with E-state index >= 15 is 0 Å². The number of hydrogen-bond acceptors (Lipinski definition) is 4. The lowest BCUT2D eigenvalue weighted by Gasteiger charge is -2.30. The molecule has 0 bridgehead atoms. The average molecular weight is 955 g/mol. The van der Waals surface area contributed by atoms with Gasteiger partial charge in [0.25, 0.3) is 0 Å². The number of fused-ring (bicyclic) bond motifs is 4. The maximum atomic E-state index is 6.97. The van der Waals surface area contributed by atoms with E-state index in [0.717, 1.165) is 45.1 Å². The van der Waals surface area contributed by atoms with Crippen LogP contribution >= 0.6 is 0 Å². The van der Waals surface area contributed by atoms with E-state index < -0.39 is 0 Å². The molecule has 5 heteroatoms. The molecule has 0 unspecified atom stereocenters. The molecule has 0 amide bonds. The van der Waals surface area contributed by atoms with E-state index in [4.69, 9.17) is 9.72 Å². The summed E-state index contributed by atoms with van der Waals surface area (Å²) in [5.74, 6) is 2.38. The van der Waals surface area contributed by atoms with Gasteiger partial charge in [-0.15, -0.1) is 0 Å². The van der Waals surface area contributed by atoms with Gasteiger partial charge in [-0.1, -0.05) is 191 Å². The Bertz CT molecular complexity index is 3620. The van der Waals surface area contributed by atoms with E-state index in [0.29, 0.717) is 6.67 Å². The number of rotatable bonds is 10. The summed E-state index contributed by atoms with van der Waals surface area (Å²) in [5, 5.41) is 2.32. The van der Waals surface area contributed by atoms with E-state index in [1.165, 1.54) is 61.3 Å². The van der Waals surface area contributed by atoms with Crippen LogP contribution in [0.2, 0.25) is 0 Å². The van der Waals surface area contributed by atoms with Crippen LogP contribution in [0.1, 0.15) is 103 Å². The van der Waals surface area contributed by atoms with Crippen molar-refractivity contribution in [3.63, 3.8) is 0 Å². The Morgan fingerprint density at radius 1 is 0.411 bits per heavy atom. The first-order valence-electron chi connectivity index (χ1n) is 25.8. The third-order valence-electron chi connectivity index (χ3n) is 15.4. The zero-order valence-corrected chi connectivity index (χ0v) is 44.0. The molecule has 364 valence electrons. The summed E-state index contributed by atoms with van der Waals surface area (Å²) in [4.78, 5) is 10.0. The van der Waals surface area contributed by atoms with E-state index in [1.807, 2.05) is 6.20 Å². The molecule has 73 heavy (non-hydrogen) atoms. The molecule has 0 radical (unpaired) electrons. The van der Waals surface area contributed by atoms with Crippen LogP contribution in [0.15, 0.2) is 206 Å². The quantitative estimate of drug-likeness (QED) is 0.137. The summed E-state index contributed by atoms with van der Waals surface area (Å²) >= 11 is 0. The van der Waals surface area contributed by atoms with Crippen molar-refractivity contribution in [2.75, 3.05) is 16.5 Å². The fourth-order valence-electron chi connectivity index (χ4n) is 10.8. The number of para-hydroxylation sites is 1. The predicted octanol–water partition coefficient (Wildman–Crippen LogP) is 18.1. The zero-order chi connectivity index (χ0) is 50.9. The molecule has 2 aromatic heterocycles. The first-order chi connectivity index (χ1) is 34.9. The van der Waals surface area contributed by atoms with Crippen LogP contribution in [0.25, 0.3) is 38.8 Å². The zero-order valence-electron chi connectivity index (χ0n) is 44.0. The van der Waals surface area contributed by atoms with Crippen molar-refractivity contribution in [2.24, 2.45) is 0 Å². The van der Waals surface area contributed by atoms with Gasteiger partial charge in [-0.05, 0) is 117 Å². The smallest absolute Gasteiger partial charge is 0.137 e. The molecule has 0 atom stereocenters. The maximum absolute atomic E-state index is 6.97. The monoisotopic (exact) mass is 955 g/mol. The summed E-state index contributed by atoms with van der Waals surface area (Å²) in [6.07, 6.45) is 1.96. The van der Waals surface area contributed by atoms with Gasteiger partial charge in [0.1, 0.15) is 24.0 Å². The number of anilines is 4. The average Bonchev–Trinajstić information content (AvgIpc) is 3.95. The Kier molecular flexibility index (Phi) is 11.7. The van der Waals surface area contributed by atoms with Crippen molar-refractivity contribution in [2.45, 2.75) is 90.9 Å². The largest absolute Gasteiger partial charge is 0.457 e. The fraction of sp³-hybridized carbons (Fsp3) is 0.221. The molecule has 3 heterocycles. The number of nitrogens with zero attached hydrogens (tertiary/aromatic N) is 4. The second-order valence-corrected chi connectivity index (χ2v) is 23.0. The molecule has 0 saturated carbocycles. The van der Waals surface area contributed by atoms with E-state index in [2.05, 4.69) is 284 Å². The predicted molar refractivity (Wildman–Crippen MR) is 307 cm³/mol. The van der Waals surface area contributed by atoms with E-state index in [9.17, 15) is 0 Å². The molecule has 0 aliphatic carbocycles. The van der Waals surface area contributed by atoms with Gasteiger partial charge >= 0.3 is 0 Å². The Balaban J connectivity index is 1.01. The molecule has 5 nitrogen and oxygen atoms in total. The molecule has 1 aliphatic rings. The summed E-state index contributed by atoms with van der Waals surface area (Å²) < 4.78 is 9.29. The minimum Gasteiger partial charge on any atom is -0.457 e. The topological polar surface area (TPSA) is 33.5 Å². The van der Waals surface area contributed by atoms with Gasteiger partial charge < -0.3 is 14.5 Å². The van der Waals surface area contributed by atoms with Gasteiger partial charge in [0.05, 0.1) is 22.4 Å². The van der Waals surface area contributed by atoms with Gasteiger partial charge in [-0.3, -0.25) is 4.57 Å². The third kappa shape index (κ3) is 8.75. The number of pyridine rings is 1. The number of ether oxygens (including phenoxy) is 1. The van der Waals surface area contributed by atoms with Crippen LogP contribution in [0, 0.1) is 0 Å². The van der Waals surface area contributed by atoms with Crippen LogP contribution in [-0.2, 0) is 21.7 Å². The van der Waals surface area contributed by atoms with Gasteiger partial charge in [0, 0.05) is 56.9 Å². The minimum atomic E-state index is -0.244. The van der Waals surface area contributed by atoms with Crippen molar-refractivity contribution in [3.8, 4) is 28.4 Å². The summed E-state index contributed by atoms with van der Waals surface area (Å²) in [6.45, 7) is 23.7. The standard InChI is InChI=1S/C68H66N4O/c1-65(2,3)51-38-52(66(4,5)6)40-54(39-51)71-45-70(61-31-21-30-57(64(61)71)46-22-14-11-15-23-46)53-28-20-29-55(43-53)73-56-33-34-58-59-41-49(67(7,8)47-24-16-12-17-25-47)32-35-60(59)72(62(58)44-56)63-42-50(36-37-69-63)68(9,10)48-26-18-13-19-27-48/h11-44H,45H2,1-10H3. The van der Waals surface area contributed by atoms with Crippen molar-refractivity contribution >= 4 is 44.6 Å². The highest BCUT2D eigenvalue weighted by Crippen LogP contribution is 2.51. The van der Waals surface area contributed by atoms with Crippen molar-refractivity contribution < 1.29 is 4.74 Å². The van der Waals surface area contributed by atoms with E-state index in [-0.39, 0.29) is 21.7 Å². The van der Waals surface area contributed by atoms with Gasteiger partial charge in [0.2, 0.25) is 0 Å². The fourth-order valence-corrected chi connectivity index (χ4v) is 10.8. The molecule has 0 N–H and O–H groups in total. The summed E-state index contributed by atoms with van der Waals surface area (Å²) in [6, 6.07) is 72.7. The molecule has 0 fully saturated rings. The molecule has 1 aliphatic heterocycles.